The first-order chi connectivity index (χ1) is 10.1. The Morgan fingerprint density at radius 1 is 1.05 bits per heavy atom. The van der Waals surface area contributed by atoms with Gasteiger partial charge in [0.25, 0.3) is 0 Å². The van der Waals surface area contributed by atoms with Crippen molar-refractivity contribution in [3.63, 3.8) is 0 Å². The minimum Gasteiger partial charge on any atom is -0.493 e. The molecule has 0 aliphatic heterocycles. The summed E-state index contributed by atoms with van der Waals surface area (Å²) < 4.78 is 11.2. The Morgan fingerprint density at radius 2 is 1.86 bits per heavy atom. The van der Waals surface area contributed by atoms with Crippen LogP contribution in [0.3, 0.4) is 0 Å². The molecule has 0 heterocycles. The molecule has 0 unspecified atom stereocenters. The van der Waals surface area contributed by atoms with E-state index in [1.807, 2.05) is 31.3 Å². The summed E-state index contributed by atoms with van der Waals surface area (Å²) in [5, 5.41) is 4.30. The Morgan fingerprint density at radius 3 is 2.52 bits per heavy atom. The van der Waals surface area contributed by atoms with Crippen LogP contribution in [-0.4, -0.2) is 14.2 Å². The number of rotatable bonds is 6. The smallest absolute Gasteiger partial charge is 0.161 e. The second-order valence-corrected chi connectivity index (χ2v) is 5.38. The Balaban J connectivity index is 2.16. The Labute approximate surface area is 134 Å². The fourth-order valence-corrected chi connectivity index (χ4v) is 2.41. The highest BCUT2D eigenvalue weighted by Gasteiger charge is 2.08. The minimum atomic E-state index is 0.357. The second kappa shape index (κ2) is 7.55. The van der Waals surface area contributed by atoms with Crippen LogP contribution in [0.15, 0.2) is 36.4 Å². The van der Waals surface area contributed by atoms with Crippen LogP contribution >= 0.6 is 23.2 Å². The molecule has 112 valence electrons. The molecule has 2 aromatic rings. The summed E-state index contributed by atoms with van der Waals surface area (Å²) in [5.74, 6) is 1.39. The molecular formula is C16H17Cl2NO2. The quantitative estimate of drug-likeness (QED) is 0.858. The first kappa shape index (κ1) is 16.0. The maximum absolute atomic E-state index is 6.14. The van der Waals surface area contributed by atoms with Gasteiger partial charge in [-0.25, -0.2) is 0 Å². The molecule has 0 atom stereocenters. The molecule has 0 saturated carbocycles. The Hall–Kier alpha value is -1.42. The van der Waals surface area contributed by atoms with Crippen molar-refractivity contribution in [2.24, 2.45) is 0 Å². The lowest BCUT2D eigenvalue weighted by molar-refractivity contribution is 0.284. The fourth-order valence-electron chi connectivity index (χ4n) is 1.94. The van der Waals surface area contributed by atoms with Gasteiger partial charge in [0.15, 0.2) is 11.5 Å². The van der Waals surface area contributed by atoms with Gasteiger partial charge in [-0.15, -0.1) is 0 Å². The number of nitrogens with one attached hydrogen (secondary N) is 1. The van der Waals surface area contributed by atoms with E-state index in [-0.39, 0.29) is 0 Å². The number of methoxy groups -OCH3 is 1. The SMILES string of the molecule is CNCc1ccc(OC)c(OCc2ccc(Cl)cc2Cl)c1. The van der Waals surface area contributed by atoms with Gasteiger partial charge in [-0.2, -0.15) is 0 Å². The van der Waals surface area contributed by atoms with Crippen molar-refractivity contribution in [2.45, 2.75) is 13.2 Å². The van der Waals surface area contributed by atoms with Crippen molar-refractivity contribution in [3.8, 4) is 11.5 Å². The fraction of sp³-hybridized carbons (Fsp3) is 0.250. The van der Waals surface area contributed by atoms with Gasteiger partial charge in [0.1, 0.15) is 6.61 Å². The number of ether oxygens (including phenoxy) is 2. The van der Waals surface area contributed by atoms with Crippen molar-refractivity contribution in [1.82, 2.24) is 5.32 Å². The van der Waals surface area contributed by atoms with Gasteiger partial charge < -0.3 is 14.8 Å². The zero-order valence-corrected chi connectivity index (χ0v) is 13.5. The van der Waals surface area contributed by atoms with Crippen LogP contribution < -0.4 is 14.8 Å². The predicted molar refractivity (Wildman–Crippen MR) is 86.6 cm³/mol. The molecule has 0 aliphatic rings. The molecule has 5 heteroatoms. The summed E-state index contributed by atoms with van der Waals surface area (Å²) in [6, 6.07) is 11.2. The molecule has 0 fully saturated rings. The summed E-state index contributed by atoms with van der Waals surface area (Å²) in [7, 11) is 3.52. The summed E-state index contributed by atoms with van der Waals surface area (Å²) in [6.45, 7) is 1.12. The highest BCUT2D eigenvalue weighted by molar-refractivity contribution is 6.35. The van der Waals surface area contributed by atoms with Crippen molar-refractivity contribution in [1.29, 1.82) is 0 Å². The number of benzene rings is 2. The van der Waals surface area contributed by atoms with E-state index in [1.165, 1.54) is 0 Å². The van der Waals surface area contributed by atoms with E-state index < -0.39 is 0 Å². The standard InChI is InChI=1S/C16H17Cl2NO2/c1-19-9-11-3-6-15(20-2)16(7-11)21-10-12-4-5-13(17)8-14(12)18/h3-8,19H,9-10H2,1-2H3. The van der Waals surface area contributed by atoms with E-state index in [9.17, 15) is 0 Å². The van der Waals surface area contributed by atoms with E-state index in [4.69, 9.17) is 32.7 Å². The topological polar surface area (TPSA) is 30.5 Å². The largest absolute Gasteiger partial charge is 0.493 e. The Kier molecular flexibility index (Phi) is 5.74. The van der Waals surface area contributed by atoms with Crippen LogP contribution in [0.4, 0.5) is 0 Å². The molecule has 2 rings (SSSR count). The molecule has 0 amide bonds. The van der Waals surface area contributed by atoms with Crippen molar-refractivity contribution >= 4 is 23.2 Å². The summed E-state index contributed by atoms with van der Waals surface area (Å²) >= 11 is 12.0. The normalized spacial score (nSPS) is 10.5. The molecule has 0 saturated heterocycles. The molecule has 3 nitrogen and oxygen atoms in total. The van der Waals surface area contributed by atoms with Crippen molar-refractivity contribution in [2.75, 3.05) is 14.2 Å². The summed E-state index contributed by atoms with van der Waals surface area (Å²) in [5.41, 5.74) is 2.00. The van der Waals surface area contributed by atoms with Gasteiger partial charge >= 0.3 is 0 Å². The third kappa shape index (κ3) is 4.27. The van der Waals surface area contributed by atoms with Gasteiger partial charge in [-0.05, 0) is 36.9 Å². The molecule has 1 N–H and O–H groups in total. The van der Waals surface area contributed by atoms with Crippen LogP contribution in [0.5, 0.6) is 11.5 Å². The van der Waals surface area contributed by atoms with Crippen LogP contribution in [0.1, 0.15) is 11.1 Å². The molecule has 0 radical (unpaired) electrons. The average molecular weight is 326 g/mol. The number of hydrogen-bond acceptors (Lipinski definition) is 3. The lowest BCUT2D eigenvalue weighted by atomic mass is 10.2. The van der Waals surface area contributed by atoms with Gasteiger partial charge in [0, 0.05) is 22.2 Å². The lowest BCUT2D eigenvalue weighted by Crippen LogP contribution is -2.06. The van der Waals surface area contributed by atoms with Crippen LogP contribution in [-0.2, 0) is 13.2 Å². The first-order valence-corrected chi connectivity index (χ1v) is 7.28. The van der Waals surface area contributed by atoms with Gasteiger partial charge in [-0.1, -0.05) is 35.3 Å². The summed E-state index contributed by atoms with van der Waals surface area (Å²) in [6.07, 6.45) is 0. The van der Waals surface area contributed by atoms with Crippen molar-refractivity contribution in [3.05, 3.63) is 57.6 Å². The molecule has 0 spiro atoms. The maximum Gasteiger partial charge on any atom is 0.161 e. The second-order valence-electron chi connectivity index (χ2n) is 4.54. The molecule has 0 bridgehead atoms. The molecule has 0 aromatic heterocycles. The third-order valence-corrected chi connectivity index (χ3v) is 3.59. The van der Waals surface area contributed by atoms with Gasteiger partial charge in [0.2, 0.25) is 0 Å². The monoisotopic (exact) mass is 325 g/mol. The average Bonchev–Trinajstić information content (AvgIpc) is 2.47. The highest BCUT2D eigenvalue weighted by Crippen LogP contribution is 2.30. The van der Waals surface area contributed by atoms with Crippen LogP contribution in [0.25, 0.3) is 0 Å². The van der Waals surface area contributed by atoms with E-state index >= 15 is 0 Å². The molecule has 2 aromatic carbocycles. The Bertz CT molecular complexity index is 617. The van der Waals surface area contributed by atoms with E-state index in [1.54, 1.807) is 19.2 Å². The summed E-state index contributed by atoms with van der Waals surface area (Å²) in [4.78, 5) is 0. The number of halogens is 2. The van der Waals surface area contributed by atoms with Crippen molar-refractivity contribution < 1.29 is 9.47 Å². The van der Waals surface area contributed by atoms with Gasteiger partial charge in [0.05, 0.1) is 7.11 Å². The third-order valence-electron chi connectivity index (χ3n) is 3.01. The van der Waals surface area contributed by atoms with E-state index in [0.717, 1.165) is 17.7 Å². The maximum atomic E-state index is 6.14. The number of hydrogen-bond donors (Lipinski definition) is 1. The molecular weight excluding hydrogens is 309 g/mol. The highest BCUT2D eigenvalue weighted by atomic mass is 35.5. The predicted octanol–water partition coefficient (Wildman–Crippen LogP) is 4.30. The van der Waals surface area contributed by atoms with Crippen LogP contribution in [0, 0.1) is 0 Å². The van der Waals surface area contributed by atoms with E-state index in [0.29, 0.717) is 28.2 Å². The van der Waals surface area contributed by atoms with Gasteiger partial charge in [-0.3, -0.25) is 0 Å². The van der Waals surface area contributed by atoms with Crippen LogP contribution in [0.2, 0.25) is 10.0 Å². The zero-order valence-electron chi connectivity index (χ0n) is 12.0. The lowest BCUT2D eigenvalue weighted by Gasteiger charge is -2.13. The first-order valence-electron chi connectivity index (χ1n) is 6.52. The molecule has 0 aliphatic carbocycles. The minimum absolute atomic E-state index is 0.357. The van der Waals surface area contributed by atoms with E-state index in [2.05, 4.69) is 5.32 Å². The molecule has 21 heavy (non-hydrogen) atoms. The zero-order chi connectivity index (χ0) is 15.2.